The first-order valence-corrected chi connectivity index (χ1v) is 6.27. The molecule has 4 N–H and O–H groups in total. The SMILES string of the molecule is Nc1ccc(-c2cc(Br)c(N)c(Br)c2)cc1. The molecule has 0 aliphatic rings. The predicted molar refractivity (Wildman–Crippen MR) is 76.1 cm³/mol. The second kappa shape index (κ2) is 4.47. The number of hydrogen-bond donors (Lipinski definition) is 2. The molecule has 0 aliphatic heterocycles. The zero-order valence-electron chi connectivity index (χ0n) is 8.37. The van der Waals surface area contributed by atoms with E-state index >= 15 is 0 Å². The van der Waals surface area contributed by atoms with Crippen molar-refractivity contribution in [3.63, 3.8) is 0 Å². The average molecular weight is 342 g/mol. The molecule has 4 heteroatoms. The molecule has 2 aromatic rings. The van der Waals surface area contributed by atoms with E-state index in [1.54, 1.807) is 0 Å². The maximum absolute atomic E-state index is 5.84. The predicted octanol–water partition coefficient (Wildman–Crippen LogP) is 4.04. The van der Waals surface area contributed by atoms with Gasteiger partial charge in [-0.1, -0.05) is 12.1 Å². The molecule has 0 saturated carbocycles. The Morgan fingerprint density at radius 2 is 1.25 bits per heavy atom. The Morgan fingerprint density at radius 1 is 0.750 bits per heavy atom. The van der Waals surface area contributed by atoms with Crippen LogP contribution in [0, 0.1) is 0 Å². The minimum absolute atomic E-state index is 0.708. The molecule has 0 aliphatic carbocycles. The number of nitrogens with two attached hydrogens (primary N) is 2. The largest absolute Gasteiger partial charge is 0.399 e. The summed E-state index contributed by atoms with van der Waals surface area (Å²) < 4.78 is 1.77. The van der Waals surface area contributed by atoms with Crippen molar-refractivity contribution < 1.29 is 0 Å². The van der Waals surface area contributed by atoms with Gasteiger partial charge in [-0.2, -0.15) is 0 Å². The Morgan fingerprint density at radius 3 is 1.75 bits per heavy atom. The molecule has 16 heavy (non-hydrogen) atoms. The van der Waals surface area contributed by atoms with Gasteiger partial charge in [0.1, 0.15) is 0 Å². The summed E-state index contributed by atoms with van der Waals surface area (Å²) in [5.41, 5.74) is 15.2. The third-order valence-electron chi connectivity index (χ3n) is 2.32. The van der Waals surface area contributed by atoms with Crippen molar-refractivity contribution in [2.75, 3.05) is 11.5 Å². The third kappa shape index (κ3) is 2.23. The monoisotopic (exact) mass is 340 g/mol. The smallest absolute Gasteiger partial charge is 0.0603 e. The van der Waals surface area contributed by atoms with Crippen molar-refractivity contribution in [3.8, 4) is 11.1 Å². The van der Waals surface area contributed by atoms with Gasteiger partial charge >= 0.3 is 0 Å². The van der Waals surface area contributed by atoms with Crippen molar-refractivity contribution >= 4 is 43.2 Å². The van der Waals surface area contributed by atoms with Gasteiger partial charge in [0.15, 0.2) is 0 Å². The third-order valence-corrected chi connectivity index (χ3v) is 3.64. The molecule has 0 unspecified atom stereocenters. The molecule has 0 spiro atoms. The summed E-state index contributed by atoms with van der Waals surface area (Å²) in [6.07, 6.45) is 0. The number of nitrogen functional groups attached to an aromatic ring is 2. The van der Waals surface area contributed by atoms with Crippen LogP contribution in [0.25, 0.3) is 11.1 Å². The molecule has 0 bridgehead atoms. The van der Waals surface area contributed by atoms with Gasteiger partial charge in [-0.3, -0.25) is 0 Å². The van der Waals surface area contributed by atoms with Crippen molar-refractivity contribution in [2.24, 2.45) is 0 Å². The molecule has 0 saturated heterocycles. The summed E-state index contributed by atoms with van der Waals surface area (Å²) in [5, 5.41) is 0. The van der Waals surface area contributed by atoms with Crippen molar-refractivity contribution in [1.29, 1.82) is 0 Å². The molecule has 82 valence electrons. The Balaban J connectivity index is 2.52. The number of rotatable bonds is 1. The van der Waals surface area contributed by atoms with Crippen LogP contribution in [-0.2, 0) is 0 Å². The fraction of sp³-hybridized carbons (Fsp3) is 0. The highest BCUT2D eigenvalue weighted by Crippen LogP contribution is 2.34. The van der Waals surface area contributed by atoms with Gasteiger partial charge in [-0.05, 0) is 67.3 Å². The first-order chi connectivity index (χ1) is 7.58. The molecule has 2 rings (SSSR count). The van der Waals surface area contributed by atoms with Crippen LogP contribution in [0.1, 0.15) is 0 Å². The lowest BCUT2D eigenvalue weighted by molar-refractivity contribution is 1.55. The van der Waals surface area contributed by atoms with Gasteiger partial charge < -0.3 is 11.5 Å². The number of hydrogen-bond acceptors (Lipinski definition) is 2. The van der Waals surface area contributed by atoms with Gasteiger partial charge in [0, 0.05) is 14.6 Å². The average Bonchev–Trinajstić information content (AvgIpc) is 2.26. The van der Waals surface area contributed by atoms with E-state index in [4.69, 9.17) is 11.5 Å². The fourth-order valence-electron chi connectivity index (χ4n) is 1.43. The van der Waals surface area contributed by atoms with Gasteiger partial charge in [-0.25, -0.2) is 0 Å². The van der Waals surface area contributed by atoms with Gasteiger partial charge in [0.25, 0.3) is 0 Å². The number of anilines is 2. The second-order valence-electron chi connectivity index (χ2n) is 3.48. The zero-order valence-corrected chi connectivity index (χ0v) is 11.5. The van der Waals surface area contributed by atoms with E-state index in [1.165, 1.54) is 0 Å². The summed E-state index contributed by atoms with van der Waals surface area (Å²) in [4.78, 5) is 0. The van der Waals surface area contributed by atoms with Crippen LogP contribution in [0.15, 0.2) is 45.3 Å². The lowest BCUT2D eigenvalue weighted by Gasteiger charge is -2.07. The van der Waals surface area contributed by atoms with Crippen LogP contribution < -0.4 is 11.5 Å². The molecule has 2 aromatic carbocycles. The van der Waals surface area contributed by atoms with Gasteiger partial charge in [0.2, 0.25) is 0 Å². The quantitative estimate of drug-likeness (QED) is 0.769. The van der Waals surface area contributed by atoms with E-state index in [0.29, 0.717) is 5.69 Å². The summed E-state index contributed by atoms with van der Waals surface area (Å²) >= 11 is 6.86. The molecular weight excluding hydrogens is 332 g/mol. The molecule has 0 radical (unpaired) electrons. The highest BCUT2D eigenvalue weighted by atomic mass is 79.9. The minimum atomic E-state index is 0.708. The Hall–Kier alpha value is -1.00. The molecule has 0 heterocycles. The maximum atomic E-state index is 5.84. The van der Waals surface area contributed by atoms with Gasteiger partial charge in [0.05, 0.1) is 5.69 Å². The summed E-state index contributed by atoms with van der Waals surface area (Å²) in [5.74, 6) is 0. The van der Waals surface area contributed by atoms with Crippen LogP contribution in [0.5, 0.6) is 0 Å². The van der Waals surface area contributed by atoms with Crippen LogP contribution in [0.4, 0.5) is 11.4 Å². The highest BCUT2D eigenvalue weighted by molar-refractivity contribution is 9.11. The van der Waals surface area contributed by atoms with Crippen LogP contribution in [0.2, 0.25) is 0 Å². The molecule has 0 fully saturated rings. The first kappa shape index (κ1) is 11.5. The lowest BCUT2D eigenvalue weighted by Crippen LogP contribution is -1.90. The van der Waals surface area contributed by atoms with E-state index in [1.807, 2.05) is 36.4 Å². The molecule has 0 aromatic heterocycles. The summed E-state index contributed by atoms with van der Waals surface area (Å²) in [7, 11) is 0. The summed E-state index contributed by atoms with van der Waals surface area (Å²) in [6, 6.07) is 11.7. The van der Waals surface area contributed by atoms with Crippen molar-refractivity contribution in [2.45, 2.75) is 0 Å². The van der Waals surface area contributed by atoms with E-state index < -0.39 is 0 Å². The molecule has 0 atom stereocenters. The molecular formula is C12H10Br2N2. The van der Waals surface area contributed by atoms with E-state index in [2.05, 4.69) is 31.9 Å². The normalized spacial score (nSPS) is 10.4. The Labute approximate surface area is 111 Å². The Kier molecular flexibility index (Phi) is 3.21. The number of halogens is 2. The van der Waals surface area contributed by atoms with Gasteiger partial charge in [-0.15, -0.1) is 0 Å². The molecule has 0 amide bonds. The first-order valence-electron chi connectivity index (χ1n) is 4.68. The number of benzene rings is 2. The maximum Gasteiger partial charge on any atom is 0.0603 e. The van der Waals surface area contributed by atoms with E-state index in [9.17, 15) is 0 Å². The van der Waals surface area contributed by atoms with Crippen LogP contribution in [-0.4, -0.2) is 0 Å². The van der Waals surface area contributed by atoms with Crippen LogP contribution >= 0.6 is 31.9 Å². The lowest BCUT2D eigenvalue weighted by atomic mass is 10.1. The summed E-state index contributed by atoms with van der Waals surface area (Å²) in [6.45, 7) is 0. The topological polar surface area (TPSA) is 52.0 Å². The minimum Gasteiger partial charge on any atom is -0.399 e. The van der Waals surface area contributed by atoms with Crippen molar-refractivity contribution in [1.82, 2.24) is 0 Å². The van der Waals surface area contributed by atoms with Crippen molar-refractivity contribution in [3.05, 3.63) is 45.3 Å². The van der Waals surface area contributed by atoms with E-state index in [0.717, 1.165) is 25.8 Å². The second-order valence-corrected chi connectivity index (χ2v) is 5.18. The highest BCUT2D eigenvalue weighted by Gasteiger charge is 2.05. The Bertz CT molecular complexity index is 498. The van der Waals surface area contributed by atoms with Crippen LogP contribution in [0.3, 0.4) is 0 Å². The van der Waals surface area contributed by atoms with E-state index in [-0.39, 0.29) is 0 Å². The fourth-order valence-corrected chi connectivity index (χ4v) is 2.61. The molecule has 2 nitrogen and oxygen atoms in total. The standard InChI is InChI=1S/C12H10Br2N2/c13-10-5-8(6-11(14)12(10)16)7-1-3-9(15)4-2-7/h1-6H,15-16H2. The zero-order chi connectivity index (χ0) is 11.7.